The summed E-state index contributed by atoms with van der Waals surface area (Å²) in [5.74, 6) is 0.214. The van der Waals surface area contributed by atoms with Crippen molar-refractivity contribution in [2.24, 2.45) is 0 Å². The van der Waals surface area contributed by atoms with Gasteiger partial charge in [0.2, 0.25) is 0 Å². The molecule has 2 aromatic carbocycles. The van der Waals surface area contributed by atoms with Gasteiger partial charge in [0.25, 0.3) is 5.91 Å². The van der Waals surface area contributed by atoms with Crippen molar-refractivity contribution in [1.29, 1.82) is 0 Å². The SMILES string of the molecule is CC(C)c1ccc([C@]2(C)NC(=O)N(CN3CCC[C@H]3c3nc4ccccc4s3)C2=O)cc1. The molecule has 7 heteroatoms. The summed E-state index contributed by atoms with van der Waals surface area (Å²) in [5.41, 5.74) is 1.98. The van der Waals surface area contributed by atoms with Crippen LogP contribution in [0, 0.1) is 0 Å². The van der Waals surface area contributed by atoms with E-state index in [1.54, 1.807) is 18.3 Å². The molecule has 2 aliphatic rings. The lowest BCUT2D eigenvalue weighted by molar-refractivity contribution is -0.132. The van der Waals surface area contributed by atoms with E-state index >= 15 is 0 Å². The molecular weight excluding hydrogens is 420 g/mol. The van der Waals surface area contributed by atoms with Crippen LogP contribution in [-0.4, -0.2) is 39.9 Å². The summed E-state index contributed by atoms with van der Waals surface area (Å²) in [6, 6.07) is 15.9. The van der Waals surface area contributed by atoms with Crippen molar-refractivity contribution in [3.8, 4) is 0 Å². The maximum atomic E-state index is 13.4. The number of likely N-dealkylation sites (tertiary alicyclic amines) is 1. The first-order valence-corrected chi connectivity index (χ1v) is 12.0. The van der Waals surface area contributed by atoms with Crippen molar-refractivity contribution in [3.05, 3.63) is 64.7 Å². The smallest absolute Gasteiger partial charge is 0.319 e. The second kappa shape index (κ2) is 7.98. The molecule has 2 aliphatic heterocycles. The minimum absolute atomic E-state index is 0.130. The number of benzene rings is 2. The normalized spacial score (nSPS) is 24.1. The van der Waals surface area contributed by atoms with Crippen LogP contribution in [0.3, 0.4) is 0 Å². The average molecular weight is 449 g/mol. The molecule has 0 bridgehead atoms. The largest absolute Gasteiger partial charge is 0.326 e. The maximum absolute atomic E-state index is 13.4. The molecule has 3 aromatic rings. The van der Waals surface area contributed by atoms with E-state index < -0.39 is 5.54 Å². The minimum Gasteiger partial charge on any atom is -0.319 e. The predicted molar refractivity (Wildman–Crippen MR) is 126 cm³/mol. The predicted octanol–water partition coefficient (Wildman–Crippen LogP) is 4.98. The number of fused-ring (bicyclic) bond motifs is 1. The van der Waals surface area contributed by atoms with Gasteiger partial charge in [0, 0.05) is 6.54 Å². The topological polar surface area (TPSA) is 65.5 Å². The molecule has 0 radical (unpaired) electrons. The average Bonchev–Trinajstić information content (AvgIpc) is 3.47. The number of hydrogen-bond acceptors (Lipinski definition) is 5. The third kappa shape index (κ3) is 3.49. The van der Waals surface area contributed by atoms with Gasteiger partial charge in [-0.25, -0.2) is 14.7 Å². The lowest BCUT2D eigenvalue weighted by atomic mass is 9.90. The van der Waals surface area contributed by atoms with E-state index in [2.05, 4.69) is 30.1 Å². The van der Waals surface area contributed by atoms with Gasteiger partial charge < -0.3 is 5.32 Å². The fourth-order valence-electron chi connectivity index (χ4n) is 4.71. The van der Waals surface area contributed by atoms with E-state index in [9.17, 15) is 9.59 Å². The molecule has 1 aromatic heterocycles. The van der Waals surface area contributed by atoms with Crippen LogP contribution in [0.5, 0.6) is 0 Å². The Hall–Kier alpha value is -2.77. The van der Waals surface area contributed by atoms with Crippen LogP contribution in [0.15, 0.2) is 48.5 Å². The van der Waals surface area contributed by atoms with E-state index in [0.29, 0.717) is 5.92 Å². The van der Waals surface area contributed by atoms with E-state index in [4.69, 9.17) is 4.98 Å². The van der Waals surface area contributed by atoms with Gasteiger partial charge >= 0.3 is 6.03 Å². The number of carbonyl (C=O) groups is 2. The van der Waals surface area contributed by atoms with Gasteiger partial charge in [-0.3, -0.25) is 9.69 Å². The number of nitrogens with zero attached hydrogens (tertiary/aromatic N) is 3. The Morgan fingerprint density at radius 1 is 1.16 bits per heavy atom. The van der Waals surface area contributed by atoms with Crippen molar-refractivity contribution in [2.75, 3.05) is 13.2 Å². The molecule has 3 amide bonds. The molecule has 0 spiro atoms. The molecule has 2 atom stereocenters. The Labute approximate surface area is 192 Å². The first kappa shape index (κ1) is 21.1. The van der Waals surface area contributed by atoms with Crippen LogP contribution in [0.4, 0.5) is 4.79 Å². The molecular formula is C25H28N4O2S. The molecule has 2 fully saturated rings. The zero-order valence-electron chi connectivity index (χ0n) is 18.7. The summed E-state index contributed by atoms with van der Waals surface area (Å²) in [6.07, 6.45) is 2.01. The Morgan fingerprint density at radius 2 is 1.91 bits per heavy atom. The number of urea groups is 1. The van der Waals surface area contributed by atoms with Crippen LogP contribution in [0.2, 0.25) is 0 Å². The summed E-state index contributed by atoms with van der Waals surface area (Å²) in [6.45, 7) is 7.20. The second-order valence-corrected chi connectivity index (χ2v) is 10.3. The number of thiazole rings is 1. The van der Waals surface area contributed by atoms with Gasteiger partial charge in [0.05, 0.1) is 22.9 Å². The Morgan fingerprint density at radius 3 is 2.62 bits per heavy atom. The Kier molecular flexibility index (Phi) is 5.26. The van der Waals surface area contributed by atoms with Gasteiger partial charge in [0.1, 0.15) is 10.5 Å². The standard InChI is InChI=1S/C25H28N4O2S/c1-16(2)17-10-12-18(13-11-17)25(3)23(30)29(24(31)27-25)15-28-14-6-8-20(28)22-26-19-7-4-5-9-21(19)32-22/h4-5,7,9-13,16,20H,6,8,14-15H2,1-3H3,(H,27,31)/t20-,25-/m0/s1. The molecule has 6 nitrogen and oxygen atoms in total. The third-order valence-corrected chi connectivity index (χ3v) is 7.85. The summed E-state index contributed by atoms with van der Waals surface area (Å²) >= 11 is 1.70. The van der Waals surface area contributed by atoms with Gasteiger partial charge in [-0.15, -0.1) is 11.3 Å². The highest BCUT2D eigenvalue weighted by atomic mass is 32.1. The number of imide groups is 1. The van der Waals surface area contributed by atoms with Crippen molar-refractivity contribution >= 4 is 33.5 Å². The summed E-state index contributed by atoms with van der Waals surface area (Å²) in [7, 11) is 0. The minimum atomic E-state index is -1.04. The number of hydrogen-bond donors (Lipinski definition) is 1. The van der Waals surface area contributed by atoms with Crippen LogP contribution in [0.25, 0.3) is 10.2 Å². The van der Waals surface area contributed by atoms with Crippen LogP contribution in [0.1, 0.15) is 61.7 Å². The molecule has 3 heterocycles. The highest BCUT2D eigenvalue weighted by Crippen LogP contribution is 2.37. The molecule has 5 rings (SSSR count). The number of rotatable bonds is 5. The fourth-order valence-corrected chi connectivity index (χ4v) is 5.85. The first-order chi connectivity index (χ1) is 15.4. The molecule has 0 aliphatic carbocycles. The van der Waals surface area contributed by atoms with Gasteiger partial charge in [-0.2, -0.15) is 0 Å². The van der Waals surface area contributed by atoms with Crippen molar-refractivity contribution in [3.63, 3.8) is 0 Å². The van der Waals surface area contributed by atoms with Gasteiger partial charge in [0.15, 0.2) is 0 Å². The van der Waals surface area contributed by atoms with Crippen molar-refractivity contribution in [2.45, 2.75) is 51.1 Å². The summed E-state index contributed by atoms with van der Waals surface area (Å²) < 4.78 is 1.17. The quantitative estimate of drug-likeness (QED) is 0.559. The molecule has 166 valence electrons. The summed E-state index contributed by atoms with van der Waals surface area (Å²) in [5, 5.41) is 4.00. The lowest BCUT2D eigenvalue weighted by Crippen LogP contribution is -2.43. The van der Waals surface area contributed by atoms with Crippen LogP contribution < -0.4 is 5.32 Å². The van der Waals surface area contributed by atoms with E-state index in [1.807, 2.05) is 42.5 Å². The molecule has 0 unspecified atom stereocenters. The fraction of sp³-hybridized carbons (Fsp3) is 0.400. The van der Waals surface area contributed by atoms with Gasteiger partial charge in [-0.1, -0.05) is 50.2 Å². The third-order valence-electron chi connectivity index (χ3n) is 6.71. The Balaban J connectivity index is 1.36. The number of carbonyl (C=O) groups excluding carboxylic acids is 2. The number of nitrogens with one attached hydrogen (secondary N) is 1. The highest BCUT2D eigenvalue weighted by Gasteiger charge is 2.50. The Bertz CT molecular complexity index is 1140. The zero-order chi connectivity index (χ0) is 22.5. The van der Waals surface area contributed by atoms with E-state index in [-0.39, 0.29) is 24.6 Å². The highest BCUT2D eigenvalue weighted by molar-refractivity contribution is 7.18. The summed E-state index contributed by atoms with van der Waals surface area (Å²) in [4.78, 5) is 34.7. The maximum Gasteiger partial charge on any atom is 0.326 e. The monoisotopic (exact) mass is 448 g/mol. The number of amides is 3. The van der Waals surface area contributed by atoms with Crippen LogP contribution >= 0.6 is 11.3 Å². The number of aromatic nitrogens is 1. The second-order valence-electron chi connectivity index (χ2n) is 9.20. The molecule has 2 saturated heterocycles. The van der Waals surface area contributed by atoms with Crippen molar-refractivity contribution < 1.29 is 9.59 Å². The number of para-hydroxylation sites is 1. The van der Waals surface area contributed by atoms with E-state index in [1.165, 1.54) is 15.2 Å². The molecule has 32 heavy (non-hydrogen) atoms. The van der Waals surface area contributed by atoms with E-state index in [0.717, 1.165) is 35.5 Å². The first-order valence-electron chi connectivity index (χ1n) is 11.2. The van der Waals surface area contributed by atoms with Crippen molar-refractivity contribution in [1.82, 2.24) is 20.1 Å². The zero-order valence-corrected chi connectivity index (χ0v) is 19.5. The lowest BCUT2D eigenvalue weighted by Gasteiger charge is -2.27. The van der Waals surface area contributed by atoms with Crippen LogP contribution in [-0.2, 0) is 10.3 Å². The van der Waals surface area contributed by atoms with Gasteiger partial charge in [-0.05, 0) is 48.9 Å². The molecule has 0 saturated carbocycles. The molecule has 1 N–H and O–H groups in total.